The number of carboxylic acids is 1. The maximum Gasteiger partial charge on any atom is 0.326 e. The maximum atomic E-state index is 14.7. The number of benzene rings is 3. The zero-order valence-corrected chi connectivity index (χ0v) is 52.2. The number of sulfone groups is 1. The van der Waals surface area contributed by atoms with Crippen LogP contribution in [-0.2, 0) is 59.2 Å². The van der Waals surface area contributed by atoms with Crippen LogP contribution in [0.5, 0.6) is 0 Å². The monoisotopic (exact) mass is 1190 g/mol. The van der Waals surface area contributed by atoms with Crippen molar-refractivity contribution in [2.45, 2.75) is 155 Å². The number of Topliss-reactive ketones (excluding diaryl/α,β-unsaturated/α-hetero) is 1. The summed E-state index contributed by atoms with van der Waals surface area (Å²) in [6.07, 6.45) is 0.491. The van der Waals surface area contributed by atoms with Gasteiger partial charge in [-0.25, -0.2) is 13.2 Å². The lowest BCUT2D eigenvalue weighted by molar-refractivity contribution is -0.149. The Morgan fingerprint density at radius 3 is 1.95 bits per heavy atom. The number of likely N-dealkylation sites (N-methyl/N-ethyl adjacent to an activating group) is 2. The summed E-state index contributed by atoms with van der Waals surface area (Å²) in [6.45, 7) is 17.0. The van der Waals surface area contributed by atoms with Gasteiger partial charge in [0, 0.05) is 64.9 Å². The summed E-state index contributed by atoms with van der Waals surface area (Å²) in [5.74, 6) is -6.86. The Hall–Kier alpha value is -6.55. The Labute approximate surface area is 497 Å². The topological polar surface area (TPSA) is 264 Å². The molecule has 20 nitrogen and oxygen atoms in total. The number of hydrogen-bond donors (Lipinski definition) is 4. The van der Waals surface area contributed by atoms with E-state index in [-0.39, 0.29) is 84.7 Å². The molecule has 21 heteroatoms. The smallest absolute Gasteiger partial charge is 0.326 e. The fourth-order valence-electron chi connectivity index (χ4n) is 11.0. The number of ether oxygens (including phenoxy) is 3. The second kappa shape index (κ2) is 33.2. The van der Waals surface area contributed by atoms with Gasteiger partial charge in [0.05, 0.1) is 66.9 Å². The molecule has 1 unspecified atom stereocenters. The number of carbonyl (C=O) groups is 8. The van der Waals surface area contributed by atoms with Crippen LogP contribution in [0.25, 0.3) is 0 Å². The summed E-state index contributed by atoms with van der Waals surface area (Å²) in [4.78, 5) is 114. The van der Waals surface area contributed by atoms with Gasteiger partial charge in [-0.3, -0.25) is 33.6 Å². The summed E-state index contributed by atoms with van der Waals surface area (Å²) < 4.78 is 43.8. The molecule has 0 bridgehead atoms. The molecule has 464 valence electrons. The number of aliphatic carboxylic acids is 1. The van der Waals surface area contributed by atoms with E-state index in [1.165, 1.54) is 62.6 Å². The third kappa shape index (κ3) is 19.2. The minimum atomic E-state index is -3.71. The van der Waals surface area contributed by atoms with Crippen molar-refractivity contribution in [1.29, 1.82) is 0 Å². The highest BCUT2D eigenvalue weighted by atomic mass is 32.2. The van der Waals surface area contributed by atoms with Gasteiger partial charge in [0.25, 0.3) is 5.91 Å². The van der Waals surface area contributed by atoms with E-state index in [1.54, 1.807) is 80.9 Å². The molecule has 4 N–H and O–H groups in total. The van der Waals surface area contributed by atoms with Crippen LogP contribution in [-0.4, -0.2) is 178 Å². The van der Waals surface area contributed by atoms with E-state index in [0.29, 0.717) is 37.8 Å². The van der Waals surface area contributed by atoms with E-state index in [1.807, 2.05) is 40.7 Å². The number of aryl methyl sites for hydroxylation is 1. The second-order valence-electron chi connectivity index (χ2n) is 22.9. The molecule has 1 aliphatic heterocycles. The number of nitrogens with zero attached hydrogens (tertiary/aromatic N) is 3. The second-order valence-corrected chi connectivity index (χ2v) is 24.9. The first-order valence-corrected chi connectivity index (χ1v) is 30.9. The predicted octanol–water partition coefficient (Wildman–Crippen LogP) is 6.17. The number of methoxy groups -OCH3 is 2. The average Bonchev–Trinajstić information content (AvgIpc) is 3.62. The molecule has 1 fully saturated rings. The Bertz CT molecular complexity index is 2780. The Balaban J connectivity index is 1.32. The molecule has 1 heterocycles. The summed E-state index contributed by atoms with van der Waals surface area (Å²) >= 11 is 0. The number of hydrogen-bond acceptors (Lipinski definition) is 13. The third-order valence-corrected chi connectivity index (χ3v) is 18.0. The predicted molar refractivity (Wildman–Crippen MR) is 320 cm³/mol. The normalized spacial score (nSPS) is 16.8. The molecule has 0 aliphatic carbocycles. The van der Waals surface area contributed by atoms with Gasteiger partial charge in [-0.15, -0.1) is 0 Å². The van der Waals surface area contributed by atoms with Gasteiger partial charge in [-0.2, -0.15) is 0 Å². The van der Waals surface area contributed by atoms with Crippen LogP contribution < -0.4 is 16.0 Å². The van der Waals surface area contributed by atoms with E-state index in [9.17, 15) is 51.9 Å². The lowest BCUT2D eigenvalue weighted by Gasteiger charge is -2.41. The fraction of sp³-hybridized carbons (Fsp3) is 0.587. The standard InChI is InChI=1S/C63H92N6O14S/c1-14-42(8)56(51(81-12)37-53(71)69-33-19-22-50(69)58(82-13)43(9)59(73)65-49(63(77)78)36-44-20-17-16-18-21-44)68(11)62(76)54(39(3)4)66-61(75)55(40(5)6)67(10)52(70)31-34-83-35-32-64-60(74)47-27-25-46(26-28-47)57(72)45(15-2)38-84(79,80)48-29-23-41(7)24-30-48/h16-18,20-21,23-30,39-40,42-43,45,49-51,54-56,58H,14-15,19,22,31-38H2,1-13H3,(H,64,74)(H,65,73)(H,66,75)(H,77,78)/t42-,43+,45?,49-,50-,51+,54-,55-,56-,58+/m0/s1. The van der Waals surface area contributed by atoms with Gasteiger partial charge < -0.3 is 50.0 Å². The number of rotatable bonds is 34. The number of carbonyl (C=O) groups excluding carboxylic acids is 7. The highest BCUT2D eigenvalue weighted by Crippen LogP contribution is 2.30. The van der Waals surface area contributed by atoms with E-state index < -0.39 is 99.6 Å². The average molecular weight is 1190 g/mol. The summed E-state index contributed by atoms with van der Waals surface area (Å²) in [5, 5.41) is 18.4. The minimum absolute atomic E-state index is 0.00913. The van der Waals surface area contributed by atoms with Crippen molar-refractivity contribution in [3.8, 4) is 0 Å². The highest BCUT2D eigenvalue weighted by Gasteiger charge is 2.44. The molecule has 6 amide bonds. The van der Waals surface area contributed by atoms with E-state index in [4.69, 9.17) is 14.2 Å². The zero-order chi connectivity index (χ0) is 62.6. The van der Waals surface area contributed by atoms with Gasteiger partial charge in [-0.1, -0.05) is 122 Å². The van der Waals surface area contributed by atoms with E-state index in [2.05, 4.69) is 16.0 Å². The summed E-state index contributed by atoms with van der Waals surface area (Å²) in [7, 11) is 2.41. The molecule has 10 atom stereocenters. The Kier molecular flexibility index (Phi) is 27.7. The fourth-order valence-corrected chi connectivity index (χ4v) is 12.7. The van der Waals surface area contributed by atoms with Crippen molar-refractivity contribution < 1.29 is 66.1 Å². The van der Waals surface area contributed by atoms with Crippen LogP contribution in [0.2, 0.25) is 0 Å². The number of carboxylic acid groups (broad SMARTS) is 1. The Morgan fingerprint density at radius 1 is 0.762 bits per heavy atom. The maximum absolute atomic E-state index is 14.7. The Morgan fingerprint density at radius 2 is 1.39 bits per heavy atom. The molecule has 4 rings (SSSR count). The van der Waals surface area contributed by atoms with Crippen LogP contribution in [0.3, 0.4) is 0 Å². The van der Waals surface area contributed by atoms with Crippen molar-refractivity contribution in [3.05, 3.63) is 101 Å². The molecular formula is C63H92N6O14S. The van der Waals surface area contributed by atoms with Crippen molar-refractivity contribution in [1.82, 2.24) is 30.7 Å². The van der Waals surface area contributed by atoms with Gasteiger partial charge in [-0.05, 0) is 73.8 Å². The van der Waals surface area contributed by atoms with Crippen LogP contribution >= 0.6 is 0 Å². The molecule has 84 heavy (non-hydrogen) atoms. The molecule has 0 spiro atoms. The van der Waals surface area contributed by atoms with Crippen molar-refractivity contribution in [2.75, 3.05) is 60.4 Å². The minimum Gasteiger partial charge on any atom is -0.480 e. The first-order valence-electron chi connectivity index (χ1n) is 29.3. The molecule has 3 aromatic rings. The van der Waals surface area contributed by atoms with Crippen molar-refractivity contribution in [3.63, 3.8) is 0 Å². The molecular weight excluding hydrogens is 1100 g/mol. The summed E-state index contributed by atoms with van der Waals surface area (Å²) in [6, 6.07) is 17.2. The molecule has 1 saturated heterocycles. The first kappa shape index (κ1) is 69.9. The zero-order valence-electron chi connectivity index (χ0n) is 51.4. The van der Waals surface area contributed by atoms with Crippen LogP contribution in [0, 0.1) is 36.5 Å². The third-order valence-electron chi connectivity index (χ3n) is 16.2. The van der Waals surface area contributed by atoms with Gasteiger partial charge >= 0.3 is 5.97 Å². The van der Waals surface area contributed by atoms with Gasteiger partial charge in [0.1, 0.15) is 18.1 Å². The summed E-state index contributed by atoms with van der Waals surface area (Å²) in [5.41, 5.74) is 2.25. The van der Waals surface area contributed by atoms with Crippen molar-refractivity contribution in [2.24, 2.45) is 29.6 Å². The number of amides is 6. The number of likely N-dealkylation sites (tertiary alicyclic amines) is 1. The van der Waals surface area contributed by atoms with E-state index in [0.717, 1.165) is 11.1 Å². The van der Waals surface area contributed by atoms with Crippen molar-refractivity contribution >= 4 is 57.0 Å². The quantitative estimate of drug-likeness (QED) is 0.0385. The molecule has 3 aromatic carbocycles. The van der Waals surface area contributed by atoms with Crippen LogP contribution in [0.1, 0.15) is 126 Å². The number of ketones is 1. The van der Waals surface area contributed by atoms with Gasteiger partial charge in [0.15, 0.2) is 15.6 Å². The number of nitrogens with one attached hydrogen (secondary N) is 3. The lowest BCUT2D eigenvalue weighted by Crippen LogP contribution is -2.60. The molecule has 0 saturated carbocycles. The van der Waals surface area contributed by atoms with Crippen LogP contribution in [0.4, 0.5) is 0 Å². The molecule has 0 aromatic heterocycles. The molecule has 1 aliphatic rings. The largest absolute Gasteiger partial charge is 0.480 e. The molecule has 0 radical (unpaired) electrons. The van der Waals surface area contributed by atoms with Crippen LogP contribution in [0.15, 0.2) is 83.8 Å². The van der Waals surface area contributed by atoms with Gasteiger partial charge in [0.2, 0.25) is 29.5 Å². The SMILES string of the molecule is CCC(CS(=O)(=O)c1ccc(C)cc1)C(=O)c1ccc(C(=O)NCCOCCC(=O)N(C)[C@H](C(=O)N[C@H](C(=O)N(C)[C@@H]([C@@H](C)CC)[C@@H](CC(=O)N2CCC[C@H]2[C@H](OC)[C@@H](C)C(=O)N[C@@H](Cc2ccccc2)C(=O)O)OC)C(C)C)C(C)C)cc1. The van der Waals surface area contributed by atoms with E-state index >= 15 is 0 Å². The first-order chi connectivity index (χ1) is 39.7. The highest BCUT2D eigenvalue weighted by molar-refractivity contribution is 7.91. The lowest BCUT2D eigenvalue weighted by atomic mass is 9.89.